The molecule has 178 valence electrons. The molecule has 0 spiro atoms. The van der Waals surface area contributed by atoms with Gasteiger partial charge in [0.25, 0.3) is 5.91 Å². The maximum absolute atomic E-state index is 12.8. The SMILES string of the molecule is CC(C)(COC1CCCCO1)c1cc(NC(=O)c2cnc(C3CC3)c(OCC3CC3)n2)on1. The van der Waals surface area contributed by atoms with Crippen LogP contribution in [0, 0.1) is 5.92 Å². The van der Waals surface area contributed by atoms with E-state index in [1.807, 2.05) is 13.8 Å². The quantitative estimate of drug-likeness (QED) is 0.566. The Morgan fingerprint density at radius 3 is 2.79 bits per heavy atom. The van der Waals surface area contributed by atoms with E-state index in [-0.39, 0.29) is 17.9 Å². The maximum Gasteiger partial charge on any atom is 0.278 e. The van der Waals surface area contributed by atoms with Gasteiger partial charge in [-0.1, -0.05) is 19.0 Å². The van der Waals surface area contributed by atoms with Gasteiger partial charge in [-0.2, -0.15) is 0 Å². The third-order valence-corrected chi connectivity index (χ3v) is 6.32. The highest BCUT2D eigenvalue weighted by molar-refractivity contribution is 6.02. The predicted molar refractivity (Wildman–Crippen MR) is 119 cm³/mol. The van der Waals surface area contributed by atoms with Crippen molar-refractivity contribution in [2.75, 3.05) is 25.1 Å². The Balaban J connectivity index is 1.21. The van der Waals surface area contributed by atoms with Gasteiger partial charge in [-0.3, -0.25) is 15.1 Å². The number of aromatic nitrogens is 3. The number of amides is 1. The van der Waals surface area contributed by atoms with Gasteiger partial charge in [0.15, 0.2) is 12.0 Å². The zero-order valence-corrected chi connectivity index (χ0v) is 19.3. The lowest BCUT2D eigenvalue weighted by Gasteiger charge is -2.28. The number of carbonyl (C=O) groups is 1. The van der Waals surface area contributed by atoms with Crippen molar-refractivity contribution < 1.29 is 23.5 Å². The predicted octanol–water partition coefficient (Wildman–Crippen LogP) is 4.20. The van der Waals surface area contributed by atoms with Gasteiger partial charge in [0.1, 0.15) is 5.69 Å². The molecule has 1 aliphatic heterocycles. The number of hydrogen-bond donors (Lipinski definition) is 1. The molecule has 5 rings (SSSR count). The number of nitrogens with zero attached hydrogens (tertiary/aromatic N) is 3. The summed E-state index contributed by atoms with van der Waals surface area (Å²) in [6, 6.07) is 1.72. The molecule has 3 fully saturated rings. The maximum atomic E-state index is 12.8. The molecule has 2 saturated carbocycles. The molecule has 0 radical (unpaired) electrons. The van der Waals surface area contributed by atoms with E-state index in [1.54, 1.807) is 6.07 Å². The molecular formula is C24H32N4O5. The Labute approximate surface area is 193 Å². The summed E-state index contributed by atoms with van der Waals surface area (Å²) in [6.07, 6.45) is 9.00. The third kappa shape index (κ3) is 5.70. The molecule has 3 aliphatic rings. The fourth-order valence-electron chi connectivity index (χ4n) is 3.76. The van der Waals surface area contributed by atoms with Crippen molar-refractivity contribution in [1.29, 1.82) is 0 Å². The van der Waals surface area contributed by atoms with Crippen molar-refractivity contribution >= 4 is 11.8 Å². The van der Waals surface area contributed by atoms with Crippen LogP contribution in [0.25, 0.3) is 0 Å². The van der Waals surface area contributed by atoms with Crippen LogP contribution < -0.4 is 10.1 Å². The van der Waals surface area contributed by atoms with Crippen molar-refractivity contribution in [2.45, 2.75) is 76.4 Å². The van der Waals surface area contributed by atoms with Crippen LogP contribution in [-0.4, -0.2) is 47.1 Å². The summed E-state index contributed by atoms with van der Waals surface area (Å²) in [6.45, 7) is 5.85. The summed E-state index contributed by atoms with van der Waals surface area (Å²) in [4.78, 5) is 21.8. The van der Waals surface area contributed by atoms with E-state index in [4.69, 9.17) is 18.7 Å². The van der Waals surface area contributed by atoms with Crippen LogP contribution >= 0.6 is 0 Å². The largest absolute Gasteiger partial charge is 0.476 e. The number of carbonyl (C=O) groups excluding carboxylic acids is 1. The molecule has 1 saturated heterocycles. The highest BCUT2D eigenvalue weighted by Crippen LogP contribution is 2.43. The van der Waals surface area contributed by atoms with E-state index < -0.39 is 11.3 Å². The molecule has 9 nitrogen and oxygen atoms in total. The topological polar surface area (TPSA) is 109 Å². The van der Waals surface area contributed by atoms with E-state index in [9.17, 15) is 4.79 Å². The molecule has 1 amide bonds. The minimum absolute atomic E-state index is 0.169. The summed E-state index contributed by atoms with van der Waals surface area (Å²) in [5.74, 6) is 1.32. The fourth-order valence-corrected chi connectivity index (χ4v) is 3.76. The van der Waals surface area contributed by atoms with Crippen LogP contribution in [0.1, 0.15) is 86.6 Å². The molecule has 33 heavy (non-hydrogen) atoms. The monoisotopic (exact) mass is 456 g/mol. The Hall–Kier alpha value is -2.52. The first kappa shape index (κ1) is 22.3. The van der Waals surface area contributed by atoms with Gasteiger partial charge in [-0.05, 0) is 50.9 Å². The molecule has 2 aromatic rings. The third-order valence-electron chi connectivity index (χ3n) is 6.32. The summed E-state index contributed by atoms with van der Waals surface area (Å²) in [5.41, 5.74) is 1.35. The van der Waals surface area contributed by atoms with Crippen LogP contribution in [-0.2, 0) is 14.9 Å². The minimum atomic E-state index is -0.409. The number of ether oxygens (including phenoxy) is 3. The Morgan fingerprint density at radius 2 is 2.06 bits per heavy atom. The van der Waals surface area contributed by atoms with Gasteiger partial charge in [-0.25, -0.2) is 4.98 Å². The second kappa shape index (κ2) is 9.38. The molecule has 2 aliphatic carbocycles. The standard InChI is InChI=1S/C24H32N4O5/c1-24(2,14-32-20-5-3-4-10-30-20)18-11-19(33-28-18)27-22(29)17-12-25-21(16-8-9-16)23(26-17)31-13-15-6-7-15/h11-12,15-16,20H,3-10,13-14H2,1-2H3,(H,27,29). The smallest absolute Gasteiger partial charge is 0.278 e. The molecule has 3 heterocycles. The Morgan fingerprint density at radius 1 is 1.21 bits per heavy atom. The Bertz CT molecular complexity index is 977. The van der Waals surface area contributed by atoms with Crippen LogP contribution in [0.4, 0.5) is 5.88 Å². The minimum Gasteiger partial charge on any atom is -0.476 e. The zero-order valence-electron chi connectivity index (χ0n) is 19.3. The molecule has 2 aromatic heterocycles. The van der Waals surface area contributed by atoms with Crippen molar-refractivity contribution in [3.8, 4) is 5.88 Å². The summed E-state index contributed by atoms with van der Waals surface area (Å²) < 4.78 is 22.9. The van der Waals surface area contributed by atoms with E-state index >= 15 is 0 Å². The molecular weight excluding hydrogens is 424 g/mol. The number of rotatable bonds is 10. The normalized spacial score (nSPS) is 21.1. The number of hydrogen-bond acceptors (Lipinski definition) is 8. The van der Waals surface area contributed by atoms with Gasteiger partial charge >= 0.3 is 0 Å². The highest BCUT2D eigenvalue weighted by Gasteiger charge is 2.32. The molecule has 0 bridgehead atoms. The van der Waals surface area contributed by atoms with Gasteiger partial charge in [0.05, 0.1) is 25.1 Å². The molecule has 0 aromatic carbocycles. The Kier molecular flexibility index (Phi) is 6.34. The first-order valence-electron chi connectivity index (χ1n) is 12.0. The van der Waals surface area contributed by atoms with Crippen LogP contribution in [0.15, 0.2) is 16.8 Å². The lowest BCUT2D eigenvalue weighted by atomic mass is 9.90. The van der Waals surface area contributed by atoms with Gasteiger partial charge < -0.3 is 18.7 Å². The van der Waals surface area contributed by atoms with E-state index in [2.05, 4.69) is 20.4 Å². The molecule has 9 heteroatoms. The van der Waals surface area contributed by atoms with Crippen molar-refractivity contribution in [3.63, 3.8) is 0 Å². The number of anilines is 1. The fraction of sp³-hybridized carbons (Fsp3) is 0.667. The lowest BCUT2D eigenvalue weighted by Crippen LogP contribution is -2.31. The summed E-state index contributed by atoms with van der Waals surface area (Å²) >= 11 is 0. The van der Waals surface area contributed by atoms with Crippen LogP contribution in [0.2, 0.25) is 0 Å². The average molecular weight is 457 g/mol. The van der Waals surface area contributed by atoms with Crippen LogP contribution in [0.5, 0.6) is 5.88 Å². The lowest BCUT2D eigenvalue weighted by molar-refractivity contribution is -0.170. The molecule has 1 N–H and O–H groups in total. The van der Waals surface area contributed by atoms with Gasteiger partial charge in [-0.15, -0.1) is 0 Å². The second-order valence-electron chi connectivity index (χ2n) is 10.00. The second-order valence-corrected chi connectivity index (χ2v) is 10.00. The van der Waals surface area contributed by atoms with Gasteiger partial charge in [0, 0.05) is 24.0 Å². The van der Waals surface area contributed by atoms with E-state index in [1.165, 1.54) is 19.0 Å². The van der Waals surface area contributed by atoms with E-state index in [0.29, 0.717) is 36.6 Å². The summed E-state index contributed by atoms with van der Waals surface area (Å²) in [7, 11) is 0. The van der Waals surface area contributed by atoms with Crippen LogP contribution in [0.3, 0.4) is 0 Å². The van der Waals surface area contributed by atoms with Crippen molar-refractivity contribution in [1.82, 2.24) is 15.1 Å². The zero-order chi connectivity index (χ0) is 22.8. The number of nitrogens with one attached hydrogen (secondary N) is 1. The highest BCUT2D eigenvalue weighted by atomic mass is 16.7. The summed E-state index contributed by atoms with van der Waals surface area (Å²) in [5, 5.41) is 6.88. The first-order chi connectivity index (χ1) is 16.0. The molecule has 1 atom stereocenters. The first-order valence-corrected chi connectivity index (χ1v) is 12.0. The van der Waals surface area contributed by atoms with E-state index in [0.717, 1.165) is 44.4 Å². The van der Waals surface area contributed by atoms with Crippen molar-refractivity contribution in [3.05, 3.63) is 29.3 Å². The van der Waals surface area contributed by atoms with Crippen molar-refractivity contribution in [2.24, 2.45) is 5.92 Å². The average Bonchev–Trinajstić information content (AvgIpc) is 3.76. The van der Waals surface area contributed by atoms with Gasteiger partial charge in [0.2, 0.25) is 11.8 Å². The molecule has 1 unspecified atom stereocenters.